The number of aliphatic hydroxyl groups excluding tert-OH is 1. The van der Waals surface area contributed by atoms with Gasteiger partial charge in [0.2, 0.25) is 0 Å². The predicted molar refractivity (Wildman–Crippen MR) is 101 cm³/mol. The number of ether oxygens (including phenoxy) is 1. The van der Waals surface area contributed by atoms with E-state index in [1.54, 1.807) is 36.4 Å². The molecule has 0 saturated carbocycles. The van der Waals surface area contributed by atoms with Gasteiger partial charge in [-0.1, -0.05) is 29.8 Å². The molecule has 6 nitrogen and oxygen atoms in total. The van der Waals surface area contributed by atoms with Gasteiger partial charge in [0.25, 0.3) is 5.91 Å². The van der Waals surface area contributed by atoms with Crippen LogP contribution in [0.4, 0.5) is 0 Å². The first-order chi connectivity index (χ1) is 12.9. The molecule has 3 rings (SSSR count). The molecule has 1 unspecified atom stereocenters. The van der Waals surface area contributed by atoms with Gasteiger partial charge in [0.15, 0.2) is 16.4 Å². The fraction of sp³-hybridized carbons (Fsp3) is 0.316. The molecule has 144 valence electrons. The van der Waals surface area contributed by atoms with Crippen LogP contribution in [0.2, 0.25) is 5.02 Å². The second-order valence-corrected chi connectivity index (χ2v) is 9.01. The molecule has 1 N–H and O–H groups in total. The van der Waals surface area contributed by atoms with Gasteiger partial charge in [0, 0.05) is 18.1 Å². The van der Waals surface area contributed by atoms with Crippen LogP contribution in [0, 0.1) is 0 Å². The highest BCUT2D eigenvalue weighted by Gasteiger charge is 2.36. The number of rotatable bonds is 6. The highest BCUT2D eigenvalue weighted by atomic mass is 35.5. The van der Waals surface area contributed by atoms with Crippen LogP contribution in [0.1, 0.15) is 12.0 Å². The third kappa shape index (κ3) is 4.61. The van der Waals surface area contributed by atoms with Crippen LogP contribution < -0.4 is 4.74 Å². The third-order valence-electron chi connectivity index (χ3n) is 4.53. The molecule has 8 heteroatoms. The number of carbonyl (C=O) groups is 1. The third-order valence-corrected chi connectivity index (χ3v) is 6.94. The Morgan fingerprint density at radius 2 is 1.96 bits per heavy atom. The van der Waals surface area contributed by atoms with E-state index in [1.165, 1.54) is 17.0 Å². The second kappa shape index (κ2) is 8.29. The number of carbonyl (C=O) groups excluding carboxylic acids is 1. The summed E-state index contributed by atoms with van der Waals surface area (Å²) in [6.45, 7) is 0.286. The summed E-state index contributed by atoms with van der Waals surface area (Å²) >= 11 is 5.90. The molecule has 1 atom stereocenters. The van der Waals surface area contributed by atoms with Crippen LogP contribution in [-0.2, 0) is 21.2 Å². The molecule has 1 amide bonds. The fourth-order valence-electron chi connectivity index (χ4n) is 2.97. The van der Waals surface area contributed by atoms with Gasteiger partial charge < -0.3 is 14.7 Å². The lowest BCUT2D eigenvalue weighted by Gasteiger charge is -2.17. The van der Waals surface area contributed by atoms with Crippen molar-refractivity contribution in [2.45, 2.75) is 23.2 Å². The molecule has 2 aromatic rings. The van der Waals surface area contributed by atoms with Crippen molar-refractivity contribution in [2.24, 2.45) is 0 Å². The van der Waals surface area contributed by atoms with E-state index in [1.807, 2.05) is 0 Å². The molecule has 0 spiro atoms. The van der Waals surface area contributed by atoms with Gasteiger partial charge in [-0.2, -0.15) is 0 Å². The van der Waals surface area contributed by atoms with Gasteiger partial charge in [-0.3, -0.25) is 4.79 Å². The van der Waals surface area contributed by atoms with Gasteiger partial charge in [-0.25, -0.2) is 8.42 Å². The van der Waals surface area contributed by atoms with Gasteiger partial charge in [-0.05, 0) is 42.3 Å². The number of hydrogen-bond donors (Lipinski definition) is 1. The first kappa shape index (κ1) is 19.7. The van der Waals surface area contributed by atoms with E-state index in [0.29, 0.717) is 23.7 Å². The maximum absolute atomic E-state index is 12.7. The zero-order valence-corrected chi connectivity index (χ0v) is 16.1. The Morgan fingerprint density at radius 1 is 1.22 bits per heavy atom. The topological polar surface area (TPSA) is 83.9 Å². The lowest BCUT2D eigenvalue weighted by molar-refractivity contribution is -0.132. The molecule has 0 aliphatic carbocycles. The molecule has 0 aromatic heterocycles. The molecule has 1 saturated heterocycles. The number of hydrogen-bond acceptors (Lipinski definition) is 5. The van der Waals surface area contributed by atoms with Gasteiger partial charge >= 0.3 is 0 Å². The molecule has 0 bridgehead atoms. The molecule has 1 aliphatic rings. The highest BCUT2D eigenvalue weighted by Crippen LogP contribution is 2.26. The molecular formula is C19H20ClNO5S. The molecule has 1 heterocycles. The summed E-state index contributed by atoms with van der Waals surface area (Å²) in [5.74, 6) is 0.257. The zero-order chi connectivity index (χ0) is 19.4. The summed E-state index contributed by atoms with van der Waals surface area (Å²) in [6, 6.07) is 12.9. The van der Waals surface area contributed by atoms with Crippen LogP contribution in [0.15, 0.2) is 53.4 Å². The number of benzene rings is 2. The summed E-state index contributed by atoms with van der Waals surface area (Å²) in [4.78, 5) is 14.0. The largest absolute Gasteiger partial charge is 0.484 e. The molecule has 0 radical (unpaired) electrons. The minimum Gasteiger partial charge on any atom is -0.484 e. The summed E-state index contributed by atoms with van der Waals surface area (Å²) in [7, 11) is -3.55. The van der Waals surface area contributed by atoms with E-state index in [-0.39, 0.29) is 30.6 Å². The van der Waals surface area contributed by atoms with Crippen LogP contribution >= 0.6 is 11.6 Å². The second-order valence-electron chi connectivity index (χ2n) is 6.34. The Balaban J connectivity index is 1.59. The molecule has 1 fully saturated rings. The van der Waals surface area contributed by atoms with Crippen molar-refractivity contribution in [3.8, 4) is 5.75 Å². The summed E-state index contributed by atoms with van der Waals surface area (Å²) in [5.41, 5.74) is 0.752. The summed E-state index contributed by atoms with van der Waals surface area (Å²) in [5, 5.41) is 8.73. The molecular weight excluding hydrogens is 390 g/mol. The van der Waals surface area contributed by atoms with Crippen molar-refractivity contribution in [1.29, 1.82) is 0 Å². The molecule has 2 aromatic carbocycles. The number of amides is 1. The normalized spacial score (nSPS) is 17.1. The standard InChI is InChI=1S/C19H20ClNO5S/c20-15-2-1-3-17(10-15)27(24,25)18-8-9-21(11-18)19(23)13-26-16-6-4-14(12-22)5-7-16/h1-7,10,18,22H,8-9,11-13H2. The van der Waals surface area contributed by atoms with Crippen molar-refractivity contribution in [1.82, 2.24) is 4.90 Å². The SMILES string of the molecule is O=C(COc1ccc(CO)cc1)N1CCC(S(=O)(=O)c2cccc(Cl)c2)C1. The number of nitrogens with zero attached hydrogens (tertiary/aromatic N) is 1. The zero-order valence-electron chi connectivity index (χ0n) is 14.5. The van der Waals surface area contributed by atoms with Gasteiger partial charge in [0.1, 0.15) is 5.75 Å². The average molecular weight is 410 g/mol. The Labute approximate surface area is 163 Å². The number of halogens is 1. The van der Waals surface area contributed by atoms with Crippen molar-refractivity contribution in [3.63, 3.8) is 0 Å². The van der Waals surface area contributed by atoms with Crippen molar-refractivity contribution in [3.05, 3.63) is 59.1 Å². The van der Waals surface area contributed by atoms with Crippen molar-refractivity contribution < 1.29 is 23.1 Å². The van der Waals surface area contributed by atoms with Gasteiger partial charge in [-0.15, -0.1) is 0 Å². The lowest BCUT2D eigenvalue weighted by Crippen LogP contribution is -2.35. The van der Waals surface area contributed by atoms with E-state index < -0.39 is 15.1 Å². The maximum Gasteiger partial charge on any atom is 0.260 e. The molecule has 27 heavy (non-hydrogen) atoms. The van der Waals surface area contributed by atoms with E-state index >= 15 is 0 Å². The molecule has 1 aliphatic heterocycles. The smallest absolute Gasteiger partial charge is 0.260 e. The van der Waals surface area contributed by atoms with Crippen LogP contribution in [0.25, 0.3) is 0 Å². The van der Waals surface area contributed by atoms with Crippen LogP contribution in [0.3, 0.4) is 0 Å². The monoisotopic (exact) mass is 409 g/mol. The predicted octanol–water partition coefficient (Wildman–Crippen LogP) is 2.29. The highest BCUT2D eigenvalue weighted by molar-refractivity contribution is 7.92. The average Bonchev–Trinajstić information content (AvgIpc) is 3.18. The first-order valence-corrected chi connectivity index (χ1v) is 10.4. The first-order valence-electron chi connectivity index (χ1n) is 8.50. The van der Waals surface area contributed by atoms with Gasteiger partial charge in [0.05, 0.1) is 16.8 Å². The Kier molecular flexibility index (Phi) is 6.04. The van der Waals surface area contributed by atoms with E-state index in [2.05, 4.69) is 0 Å². The Bertz CT molecular complexity index is 914. The van der Waals surface area contributed by atoms with E-state index in [9.17, 15) is 13.2 Å². The van der Waals surface area contributed by atoms with E-state index in [4.69, 9.17) is 21.4 Å². The summed E-state index contributed by atoms with van der Waals surface area (Å²) in [6.07, 6.45) is 0.381. The number of sulfone groups is 1. The van der Waals surface area contributed by atoms with Crippen LogP contribution in [-0.4, -0.2) is 49.3 Å². The minimum absolute atomic E-state index is 0.0600. The Morgan fingerprint density at radius 3 is 2.63 bits per heavy atom. The lowest BCUT2D eigenvalue weighted by atomic mass is 10.2. The van der Waals surface area contributed by atoms with Crippen LogP contribution in [0.5, 0.6) is 5.75 Å². The Hall–Kier alpha value is -2.09. The van der Waals surface area contributed by atoms with E-state index in [0.717, 1.165) is 5.56 Å². The van der Waals surface area contributed by atoms with Crippen molar-refractivity contribution in [2.75, 3.05) is 19.7 Å². The quantitative estimate of drug-likeness (QED) is 0.791. The number of likely N-dealkylation sites (tertiary alicyclic amines) is 1. The van der Waals surface area contributed by atoms with Crippen molar-refractivity contribution >= 4 is 27.3 Å². The minimum atomic E-state index is -3.55. The summed E-state index contributed by atoms with van der Waals surface area (Å²) < 4.78 is 31.0. The fourth-order valence-corrected chi connectivity index (χ4v) is 4.96. The maximum atomic E-state index is 12.7. The number of aliphatic hydroxyl groups is 1.